The van der Waals surface area contributed by atoms with E-state index in [0.717, 1.165) is 55.0 Å². The van der Waals surface area contributed by atoms with Gasteiger partial charge in [0, 0.05) is 17.6 Å². The standard InChI is InChI=1S/C21H29ClN2O2/c1-4-8-21(19(23)5-2)9-6-15(13-21)26-18-11-14-7-10-24-20(25-3)16(14)12-17(18)22/h7,10-12,15,19H,4-6,8-9,13,23H2,1-3H3. The maximum atomic E-state index is 6.50. The van der Waals surface area contributed by atoms with Crippen LogP contribution in [-0.2, 0) is 0 Å². The molecule has 26 heavy (non-hydrogen) atoms. The predicted octanol–water partition coefficient (Wildman–Crippen LogP) is 5.35. The molecular weight excluding hydrogens is 348 g/mol. The maximum absolute atomic E-state index is 6.50. The minimum Gasteiger partial charge on any atom is -0.489 e. The molecule has 0 spiro atoms. The third-order valence-electron chi connectivity index (χ3n) is 5.84. The zero-order chi connectivity index (χ0) is 18.7. The summed E-state index contributed by atoms with van der Waals surface area (Å²) in [6.07, 6.45) is 8.39. The van der Waals surface area contributed by atoms with Crippen LogP contribution in [-0.4, -0.2) is 24.2 Å². The lowest BCUT2D eigenvalue weighted by Crippen LogP contribution is -2.40. The van der Waals surface area contributed by atoms with Gasteiger partial charge in [0.05, 0.1) is 18.2 Å². The predicted molar refractivity (Wildman–Crippen MR) is 107 cm³/mol. The molecule has 3 atom stereocenters. The van der Waals surface area contributed by atoms with Gasteiger partial charge in [-0.3, -0.25) is 0 Å². The smallest absolute Gasteiger partial charge is 0.221 e. The summed E-state index contributed by atoms with van der Waals surface area (Å²) in [5.74, 6) is 1.31. The molecule has 0 saturated heterocycles. The van der Waals surface area contributed by atoms with E-state index in [1.807, 2.05) is 18.2 Å². The molecule has 5 heteroatoms. The van der Waals surface area contributed by atoms with Crippen LogP contribution in [0, 0.1) is 5.41 Å². The lowest BCUT2D eigenvalue weighted by molar-refractivity contribution is 0.152. The monoisotopic (exact) mass is 376 g/mol. The van der Waals surface area contributed by atoms with Crippen molar-refractivity contribution in [3.63, 3.8) is 0 Å². The Morgan fingerprint density at radius 2 is 2.19 bits per heavy atom. The lowest BCUT2D eigenvalue weighted by Gasteiger charge is -2.35. The van der Waals surface area contributed by atoms with Gasteiger partial charge < -0.3 is 15.2 Å². The normalized spacial score (nSPS) is 24.0. The van der Waals surface area contributed by atoms with Crippen molar-refractivity contribution in [3.05, 3.63) is 29.4 Å². The Balaban J connectivity index is 1.82. The molecule has 1 heterocycles. The Morgan fingerprint density at radius 1 is 1.38 bits per heavy atom. The molecule has 1 aromatic heterocycles. The number of halogens is 1. The zero-order valence-corrected chi connectivity index (χ0v) is 16.7. The number of pyridine rings is 1. The van der Waals surface area contributed by atoms with Gasteiger partial charge in [-0.1, -0.05) is 31.9 Å². The third-order valence-corrected chi connectivity index (χ3v) is 6.14. The highest BCUT2D eigenvalue weighted by atomic mass is 35.5. The largest absolute Gasteiger partial charge is 0.489 e. The maximum Gasteiger partial charge on any atom is 0.221 e. The second-order valence-corrected chi connectivity index (χ2v) is 7.84. The number of hydrogen-bond donors (Lipinski definition) is 1. The molecule has 1 aliphatic carbocycles. The van der Waals surface area contributed by atoms with E-state index < -0.39 is 0 Å². The number of ether oxygens (including phenoxy) is 2. The highest BCUT2D eigenvalue weighted by Gasteiger charge is 2.43. The van der Waals surface area contributed by atoms with Crippen LogP contribution in [0.15, 0.2) is 24.4 Å². The van der Waals surface area contributed by atoms with Gasteiger partial charge >= 0.3 is 0 Å². The first-order valence-corrected chi connectivity index (χ1v) is 9.95. The lowest BCUT2D eigenvalue weighted by atomic mass is 9.74. The molecule has 2 aromatic rings. The van der Waals surface area contributed by atoms with Crippen LogP contribution < -0.4 is 15.2 Å². The van der Waals surface area contributed by atoms with E-state index in [1.54, 1.807) is 13.3 Å². The second-order valence-electron chi connectivity index (χ2n) is 7.43. The van der Waals surface area contributed by atoms with Crippen molar-refractivity contribution in [2.45, 2.75) is 64.5 Å². The van der Waals surface area contributed by atoms with Crippen LogP contribution in [0.4, 0.5) is 0 Å². The molecule has 2 N–H and O–H groups in total. The summed E-state index contributed by atoms with van der Waals surface area (Å²) >= 11 is 6.50. The third kappa shape index (κ3) is 3.63. The van der Waals surface area contributed by atoms with Crippen LogP contribution in [0.3, 0.4) is 0 Å². The van der Waals surface area contributed by atoms with Crippen molar-refractivity contribution < 1.29 is 9.47 Å². The van der Waals surface area contributed by atoms with Gasteiger partial charge in [-0.2, -0.15) is 0 Å². The number of hydrogen-bond acceptors (Lipinski definition) is 4. The van der Waals surface area contributed by atoms with Gasteiger partial charge in [-0.05, 0) is 61.1 Å². The molecule has 4 nitrogen and oxygen atoms in total. The summed E-state index contributed by atoms with van der Waals surface area (Å²) in [5, 5.41) is 2.50. The average Bonchev–Trinajstić information content (AvgIpc) is 3.05. The van der Waals surface area contributed by atoms with E-state index in [9.17, 15) is 0 Å². The number of benzene rings is 1. The topological polar surface area (TPSA) is 57.4 Å². The molecule has 3 unspecified atom stereocenters. The number of nitrogens with zero attached hydrogens (tertiary/aromatic N) is 1. The van der Waals surface area contributed by atoms with E-state index in [-0.39, 0.29) is 17.6 Å². The molecule has 1 aliphatic rings. The second kappa shape index (κ2) is 8.01. The van der Waals surface area contributed by atoms with E-state index >= 15 is 0 Å². The Hall–Kier alpha value is -1.52. The number of fused-ring (bicyclic) bond motifs is 1. The SMILES string of the molecule is CCCC1(C(N)CC)CCC(Oc2cc3ccnc(OC)c3cc2Cl)C1. The first kappa shape index (κ1) is 19.2. The quantitative estimate of drug-likeness (QED) is 0.707. The molecule has 0 radical (unpaired) electrons. The summed E-state index contributed by atoms with van der Waals surface area (Å²) in [6.45, 7) is 4.41. The van der Waals surface area contributed by atoms with E-state index in [1.165, 1.54) is 0 Å². The molecule has 0 bridgehead atoms. The highest BCUT2D eigenvalue weighted by Crippen LogP contribution is 2.47. The van der Waals surface area contributed by atoms with Gasteiger partial charge in [-0.25, -0.2) is 4.98 Å². The molecule has 3 rings (SSSR count). The fourth-order valence-electron chi connectivity index (χ4n) is 4.47. The summed E-state index contributed by atoms with van der Waals surface area (Å²) in [4.78, 5) is 4.23. The molecule has 1 aromatic carbocycles. The van der Waals surface area contributed by atoms with E-state index in [4.69, 9.17) is 26.8 Å². The number of nitrogens with two attached hydrogens (primary N) is 1. The molecule has 0 aliphatic heterocycles. The van der Waals surface area contributed by atoms with Gasteiger partial charge in [0.15, 0.2) is 0 Å². The molecule has 1 fully saturated rings. The van der Waals surface area contributed by atoms with Crippen LogP contribution in [0.1, 0.15) is 52.4 Å². The van der Waals surface area contributed by atoms with Crippen LogP contribution in [0.25, 0.3) is 10.8 Å². The molecular formula is C21H29ClN2O2. The summed E-state index contributed by atoms with van der Waals surface area (Å²) in [5.41, 5.74) is 6.69. The first-order chi connectivity index (χ1) is 12.5. The summed E-state index contributed by atoms with van der Waals surface area (Å²) in [6, 6.07) is 6.05. The fraction of sp³-hybridized carbons (Fsp3) is 0.571. The summed E-state index contributed by atoms with van der Waals surface area (Å²) in [7, 11) is 1.61. The van der Waals surface area contributed by atoms with Crippen molar-refractivity contribution in [2.24, 2.45) is 11.1 Å². The minimum atomic E-state index is 0.165. The van der Waals surface area contributed by atoms with Crippen molar-refractivity contribution in [1.29, 1.82) is 0 Å². The Morgan fingerprint density at radius 3 is 2.88 bits per heavy atom. The van der Waals surface area contributed by atoms with Gasteiger partial charge in [0.25, 0.3) is 0 Å². The minimum absolute atomic E-state index is 0.165. The first-order valence-electron chi connectivity index (χ1n) is 9.57. The zero-order valence-electron chi connectivity index (χ0n) is 15.9. The van der Waals surface area contributed by atoms with Crippen molar-refractivity contribution in [2.75, 3.05) is 7.11 Å². The number of methoxy groups -OCH3 is 1. The van der Waals surface area contributed by atoms with Crippen molar-refractivity contribution >= 4 is 22.4 Å². The fourth-order valence-corrected chi connectivity index (χ4v) is 4.67. The van der Waals surface area contributed by atoms with Crippen molar-refractivity contribution in [1.82, 2.24) is 4.98 Å². The van der Waals surface area contributed by atoms with E-state index in [0.29, 0.717) is 10.9 Å². The number of aromatic nitrogens is 1. The molecule has 0 amide bonds. The highest BCUT2D eigenvalue weighted by molar-refractivity contribution is 6.33. The Bertz CT molecular complexity index is 767. The van der Waals surface area contributed by atoms with Gasteiger partial charge in [0.2, 0.25) is 5.88 Å². The Labute approximate surface area is 161 Å². The van der Waals surface area contributed by atoms with Crippen LogP contribution >= 0.6 is 11.6 Å². The number of rotatable bonds is 7. The van der Waals surface area contributed by atoms with Crippen LogP contribution in [0.2, 0.25) is 5.02 Å². The average molecular weight is 377 g/mol. The van der Waals surface area contributed by atoms with Gasteiger partial charge in [0.1, 0.15) is 5.75 Å². The molecule has 1 saturated carbocycles. The van der Waals surface area contributed by atoms with E-state index in [2.05, 4.69) is 18.8 Å². The van der Waals surface area contributed by atoms with Gasteiger partial charge in [-0.15, -0.1) is 0 Å². The molecule has 142 valence electrons. The van der Waals surface area contributed by atoms with Crippen LogP contribution in [0.5, 0.6) is 11.6 Å². The Kier molecular flexibility index (Phi) is 5.93. The summed E-state index contributed by atoms with van der Waals surface area (Å²) < 4.78 is 11.7. The van der Waals surface area contributed by atoms with Crippen molar-refractivity contribution in [3.8, 4) is 11.6 Å².